The summed E-state index contributed by atoms with van der Waals surface area (Å²) < 4.78 is 5.52. The number of carboxylic acids is 1. The summed E-state index contributed by atoms with van der Waals surface area (Å²) >= 11 is 0. The predicted octanol–water partition coefficient (Wildman–Crippen LogP) is 1.39. The number of imide groups is 1. The number of carbonyl (C=O) groups excluding carboxylic acids is 4. The number of benzene rings is 2. The summed E-state index contributed by atoms with van der Waals surface area (Å²) in [6.07, 6.45) is 1.56. The van der Waals surface area contributed by atoms with Gasteiger partial charge in [-0.05, 0) is 49.6 Å². The lowest BCUT2D eigenvalue weighted by molar-refractivity contribution is -0.255. The van der Waals surface area contributed by atoms with E-state index in [0.717, 1.165) is 12.8 Å². The van der Waals surface area contributed by atoms with E-state index in [-0.39, 0.29) is 46.4 Å². The third-order valence-corrected chi connectivity index (χ3v) is 5.44. The zero-order chi connectivity index (χ0) is 21.4. The number of ether oxygens (including phenoxy) is 1. The molecule has 2 aromatic rings. The summed E-state index contributed by atoms with van der Waals surface area (Å²) in [5.74, 6) is -2.68. The van der Waals surface area contributed by atoms with Crippen molar-refractivity contribution in [1.82, 2.24) is 4.90 Å². The first kappa shape index (κ1) is 19.8. The molecule has 1 saturated heterocycles. The van der Waals surface area contributed by atoms with Gasteiger partial charge in [-0.3, -0.25) is 19.3 Å². The Morgan fingerprint density at radius 3 is 2.57 bits per heavy atom. The van der Waals surface area contributed by atoms with Gasteiger partial charge in [0.1, 0.15) is 0 Å². The van der Waals surface area contributed by atoms with Gasteiger partial charge in [-0.2, -0.15) is 0 Å². The van der Waals surface area contributed by atoms with Gasteiger partial charge >= 0.3 is 0 Å². The lowest BCUT2D eigenvalue weighted by Gasteiger charge is -2.17. The van der Waals surface area contributed by atoms with Crippen molar-refractivity contribution in [1.29, 1.82) is 0 Å². The van der Waals surface area contributed by atoms with Crippen molar-refractivity contribution in [3.8, 4) is 0 Å². The Hall–Kier alpha value is -3.52. The second-order valence-corrected chi connectivity index (χ2v) is 7.34. The number of anilines is 1. The molecule has 8 heteroatoms. The van der Waals surface area contributed by atoms with Gasteiger partial charge in [-0.25, -0.2) is 0 Å². The highest BCUT2D eigenvalue weighted by atomic mass is 16.5. The van der Waals surface area contributed by atoms with Crippen molar-refractivity contribution in [2.24, 2.45) is 0 Å². The largest absolute Gasteiger partial charge is 0.545 e. The minimum Gasteiger partial charge on any atom is -0.545 e. The van der Waals surface area contributed by atoms with Crippen LogP contribution in [0.25, 0.3) is 0 Å². The Bertz CT molecular complexity index is 1070. The fourth-order valence-electron chi connectivity index (χ4n) is 3.83. The molecule has 1 fully saturated rings. The van der Waals surface area contributed by atoms with Crippen molar-refractivity contribution < 1.29 is 29.0 Å². The molecule has 4 rings (SSSR count). The molecule has 154 valence electrons. The second-order valence-electron chi connectivity index (χ2n) is 7.34. The number of carbonyl (C=O) groups is 4. The molecule has 0 aliphatic carbocycles. The molecule has 8 nitrogen and oxygen atoms in total. The van der Waals surface area contributed by atoms with Crippen molar-refractivity contribution in [3.63, 3.8) is 0 Å². The van der Waals surface area contributed by atoms with Crippen LogP contribution in [0.5, 0.6) is 0 Å². The smallest absolute Gasteiger partial charge is 0.261 e. The normalized spacial score (nSPS) is 17.9. The van der Waals surface area contributed by atoms with Crippen molar-refractivity contribution >= 4 is 29.4 Å². The topological polar surface area (TPSA) is 116 Å². The highest BCUT2D eigenvalue weighted by Gasteiger charge is 2.37. The van der Waals surface area contributed by atoms with Gasteiger partial charge in [0.2, 0.25) is 0 Å². The molecule has 2 aliphatic rings. The number of nitrogens with one attached hydrogen (secondary N) is 1. The second kappa shape index (κ2) is 7.72. The molecule has 0 saturated carbocycles. The minimum atomic E-state index is -1.37. The molecule has 0 unspecified atom stereocenters. The number of fused-ring (bicyclic) bond motifs is 1. The zero-order valence-corrected chi connectivity index (χ0v) is 16.3. The monoisotopic (exact) mass is 407 g/mol. The van der Waals surface area contributed by atoms with Crippen LogP contribution in [-0.4, -0.2) is 47.8 Å². The zero-order valence-electron chi connectivity index (χ0n) is 16.3. The fraction of sp³-hybridized carbons (Fsp3) is 0.273. The van der Waals surface area contributed by atoms with Gasteiger partial charge in [0.15, 0.2) is 0 Å². The molecule has 30 heavy (non-hydrogen) atoms. The van der Waals surface area contributed by atoms with E-state index in [1.807, 2.05) is 0 Å². The average Bonchev–Trinajstić information content (AvgIpc) is 3.31. The maximum Gasteiger partial charge on any atom is 0.261 e. The van der Waals surface area contributed by atoms with Gasteiger partial charge in [0.05, 0.1) is 29.7 Å². The van der Waals surface area contributed by atoms with E-state index in [0.29, 0.717) is 12.3 Å². The molecule has 2 heterocycles. The molecule has 3 amide bonds. The van der Waals surface area contributed by atoms with Gasteiger partial charge in [0, 0.05) is 23.4 Å². The molecule has 0 radical (unpaired) electrons. The number of hydrogen-bond donors (Lipinski definition) is 1. The van der Waals surface area contributed by atoms with Gasteiger partial charge in [-0.15, -0.1) is 0 Å². The Morgan fingerprint density at radius 2 is 1.87 bits per heavy atom. The maximum absolute atomic E-state index is 12.7. The van der Waals surface area contributed by atoms with Crippen LogP contribution in [-0.2, 0) is 4.74 Å². The van der Waals surface area contributed by atoms with E-state index in [9.17, 15) is 24.3 Å². The van der Waals surface area contributed by atoms with Gasteiger partial charge < -0.3 is 20.0 Å². The first-order chi connectivity index (χ1) is 14.4. The first-order valence-electron chi connectivity index (χ1n) is 9.61. The van der Waals surface area contributed by atoms with E-state index < -0.39 is 17.8 Å². The summed E-state index contributed by atoms with van der Waals surface area (Å²) in [6.45, 7) is 2.36. The summed E-state index contributed by atoms with van der Waals surface area (Å²) in [5, 5.41) is 13.8. The van der Waals surface area contributed by atoms with E-state index in [1.54, 1.807) is 0 Å². The molecule has 0 spiro atoms. The molecule has 0 bridgehead atoms. The maximum atomic E-state index is 12.7. The molecule has 1 N–H and O–H groups in total. The Balaban J connectivity index is 1.55. The minimum absolute atomic E-state index is 0.0675. The quantitative estimate of drug-likeness (QED) is 0.749. The van der Waals surface area contributed by atoms with Crippen LogP contribution in [0, 0.1) is 6.92 Å². The first-order valence-corrected chi connectivity index (χ1v) is 9.61. The summed E-state index contributed by atoms with van der Waals surface area (Å²) in [7, 11) is 0. The van der Waals surface area contributed by atoms with Gasteiger partial charge in [0.25, 0.3) is 17.7 Å². The molecule has 0 aromatic heterocycles. The van der Waals surface area contributed by atoms with E-state index >= 15 is 0 Å². The fourth-order valence-corrected chi connectivity index (χ4v) is 3.83. The van der Waals surface area contributed by atoms with Crippen LogP contribution < -0.4 is 10.4 Å². The van der Waals surface area contributed by atoms with Gasteiger partial charge in [-0.1, -0.05) is 12.1 Å². The van der Waals surface area contributed by atoms with Crippen LogP contribution in [0.15, 0.2) is 36.4 Å². The number of carboxylic acid groups (broad SMARTS) is 1. The lowest BCUT2D eigenvalue weighted by Crippen LogP contribution is -2.36. The molecule has 2 aromatic carbocycles. The third-order valence-electron chi connectivity index (χ3n) is 5.44. The van der Waals surface area contributed by atoms with Crippen molar-refractivity contribution in [3.05, 3.63) is 64.2 Å². The Labute approximate surface area is 172 Å². The van der Waals surface area contributed by atoms with E-state index in [4.69, 9.17) is 4.74 Å². The van der Waals surface area contributed by atoms with Crippen molar-refractivity contribution in [2.45, 2.75) is 25.9 Å². The number of nitrogens with zero attached hydrogens (tertiary/aromatic N) is 1. The van der Waals surface area contributed by atoms with Crippen LogP contribution in [0.2, 0.25) is 0 Å². The molecular weight excluding hydrogens is 388 g/mol. The highest BCUT2D eigenvalue weighted by molar-refractivity contribution is 6.22. The SMILES string of the molecule is Cc1c(C(=O)[O-])cccc1C(=O)Nc1ccc2c(c1)C(=O)N(C[C@H]1CCCO1)C2=O. The number of hydrogen-bond acceptors (Lipinski definition) is 6. The molecular formula is C22H19N2O6-. The van der Waals surface area contributed by atoms with E-state index in [2.05, 4.69) is 5.32 Å². The van der Waals surface area contributed by atoms with Crippen LogP contribution in [0.4, 0.5) is 5.69 Å². The summed E-state index contributed by atoms with van der Waals surface area (Å²) in [5.41, 5.74) is 1.23. The Kier molecular flexibility index (Phi) is 5.09. The highest BCUT2D eigenvalue weighted by Crippen LogP contribution is 2.28. The number of amides is 3. The summed E-state index contributed by atoms with van der Waals surface area (Å²) in [4.78, 5) is 50.3. The van der Waals surface area contributed by atoms with E-state index in [1.165, 1.54) is 48.2 Å². The number of rotatable bonds is 5. The standard InChI is InChI=1S/C22H20N2O6/c1-12-15(5-2-6-16(12)22(28)29)19(25)23-13-7-8-17-18(10-13)21(27)24(20(17)26)11-14-4-3-9-30-14/h2,5-8,10,14H,3-4,9,11H2,1H3,(H,23,25)(H,28,29)/p-1/t14-/m1/s1. The Morgan fingerprint density at radius 1 is 1.13 bits per heavy atom. The number of aromatic carboxylic acids is 1. The van der Waals surface area contributed by atoms with Crippen LogP contribution >= 0.6 is 0 Å². The van der Waals surface area contributed by atoms with Crippen molar-refractivity contribution in [2.75, 3.05) is 18.5 Å². The molecule has 2 aliphatic heterocycles. The third kappa shape index (κ3) is 3.46. The van der Waals surface area contributed by atoms with Crippen LogP contribution in [0.3, 0.4) is 0 Å². The van der Waals surface area contributed by atoms with Crippen LogP contribution in [0.1, 0.15) is 59.8 Å². The average molecular weight is 407 g/mol. The predicted molar refractivity (Wildman–Crippen MR) is 104 cm³/mol. The summed E-state index contributed by atoms with van der Waals surface area (Å²) in [6, 6.07) is 8.83. The lowest BCUT2D eigenvalue weighted by atomic mass is 10.0. The molecule has 1 atom stereocenters.